The molecule has 0 spiro atoms. The molecule has 0 saturated carbocycles. The van der Waals surface area contributed by atoms with Gasteiger partial charge in [0.05, 0.1) is 18.0 Å². The van der Waals surface area contributed by atoms with Crippen LogP contribution in [0.2, 0.25) is 0 Å². The highest BCUT2D eigenvalue weighted by atomic mass is 16.3. The van der Waals surface area contributed by atoms with Gasteiger partial charge in [-0.05, 0) is 18.7 Å². The average molecular weight is 210 g/mol. The smallest absolute Gasteiger partial charge is 0.0564 e. The molecule has 15 heavy (non-hydrogen) atoms. The number of nitrogens with two attached hydrogens (primary N) is 1. The third kappa shape index (κ3) is 3.83. The first-order valence-corrected chi connectivity index (χ1v) is 5.05. The molecule has 0 aromatic carbocycles. The van der Waals surface area contributed by atoms with Gasteiger partial charge in [-0.15, -0.1) is 0 Å². The number of hydrazine groups is 1. The van der Waals surface area contributed by atoms with Gasteiger partial charge in [-0.25, -0.2) is 0 Å². The normalized spacial score (nSPS) is 10.7. The molecule has 1 aromatic heterocycles. The molecule has 84 valence electrons. The SMILES string of the molecule is CCN(CCO)Cc1cc(NN)ccn1. The molecular formula is C10H18N4O. The Morgan fingerprint density at radius 2 is 2.40 bits per heavy atom. The molecule has 0 aliphatic heterocycles. The largest absolute Gasteiger partial charge is 0.395 e. The lowest BCUT2D eigenvalue weighted by Crippen LogP contribution is -2.26. The van der Waals surface area contributed by atoms with E-state index in [1.807, 2.05) is 12.1 Å². The van der Waals surface area contributed by atoms with Crippen LogP contribution in [0.15, 0.2) is 18.3 Å². The van der Waals surface area contributed by atoms with Gasteiger partial charge < -0.3 is 10.5 Å². The first-order valence-electron chi connectivity index (χ1n) is 5.05. The van der Waals surface area contributed by atoms with Gasteiger partial charge in [-0.3, -0.25) is 15.7 Å². The summed E-state index contributed by atoms with van der Waals surface area (Å²) in [6.45, 7) is 4.51. The van der Waals surface area contributed by atoms with Crippen molar-refractivity contribution in [2.75, 3.05) is 25.1 Å². The van der Waals surface area contributed by atoms with E-state index in [9.17, 15) is 0 Å². The summed E-state index contributed by atoms with van der Waals surface area (Å²) < 4.78 is 0. The van der Waals surface area contributed by atoms with Crippen molar-refractivity contribution >= 4 is 5.69 Å². The molecule has 0 radical (unpaired) electrons. The van der Waals surface area contributed by atoms with Crippen LogP contribution in [0.4, 0.5) is 5.69 Å². The number of anilines is 1. The minimum absolute atomic E-state index is 0.169. The van der Waals surface area contributed by atoms with E-state index >= 15 is 0 Å². The van der Waals surface area contributed by atoms with Gasteiger partial charge in [0.2, 0.25) is 0 Å². The van der Waals surface area contributed by atoms with Crippen LogP contribution in [-0.2, 0) is 6.54 Å². The Balaban J connectivity index is 2.61. The number of nitrogens with one attached hydrogen (secondary N) is 1. The van der Waals surface area contributed by atoms with Gasteiger partial charge in [0.1, 0.15) is 0 Å². The van der Waals surface area contributed by atoms with E-state index in [1.54, 1.807) is 6.20 Å². The van der Waals surface area contributed by atoms with Gasteiger partial charge in [0.15, 0.2) is 0 Å². The van der Waals surface area contributed by atoms with Gasteiger partial charge in [0.25, 0.3) is 0 Å². The molecule has 4 N–H and O–H groups in total. The highest BCUT2D eigenvalue weighted by Gasteiger charge is 2.04. The molecule has 1 heterocycles. The summed E-state index contributed by atoms with van der Waals surface area (Å²) >= 11 is 0. The van der Waals surface area contributed by atoms with E-state index in [0.717, 1.165) is 24.5 Å². The van der Waals surface area contributed by atoms with Gasteiger partial charge in [0, 0.05) is 19.3 Å². The van der Waals surface area contributed by atoms with Crippen LogP contribution in [0.1, 0.15) is 12.6 Å². The average Bonchev–Trinajstić information content (AvgIpc) is 2.29. The van der Waals surface area contributed by atoms with E-state index in [1.165, 1.54) is 0 Å². The van der Waals surface area contributed by atoms with Crippen molar-refractivity contribution in [2.45, 2.75) is 13.5 Å². The zero-order chi connectivity index (χ0) is 11.1. The number of aromatic nitrogens is 1. The maximum Gasteiger partial charge on any atom is 0.0564 e. The van der Waals surface area contributed by atoms with Crippen LogP contribution in [-0.4, -0.2) is 34.7 Å². The third-order valence-electron chi connectivity index (χ3n) is 2.23. The van der Waals surface area contributed by atoms with Crippen LogP contribution in [0.3, 0.4) is 0 Å². The minimum atomic E-state index is 0.169. The molecule has 0 unspecified atom stereocenters. The number of rotatable bonds is 6. The van der Waals surface area contributed by atoms with Crippen molar-refractivity contribution < 1.29 is 5.11 Å². The van der Waals surface area contributed by atoms with Gasteiger partial charge in [-0.2, -0.15) is 0 Å². The number of hydrogen-bond donors (Lipinski definition) is 3. The van der Waals surface area contributed by atoms with E-state index in [2.05, 4.69) is 22.2 Å². The lowest BCUT2D eigenvalue weighted by molar-refractivity contribution is 0.195. The fourth-order valence-corrected chi connectivity index (χ4v) is 1.37. The number of nitrogen functional groups attached to an aromatic ring is 1. The van der Waals surface area contributed by atoms with Crippen molar-refractivity contribution in [2.24, 2.45) is 5.84 Å². The molecule has 0 atom stereocenters. The summed E-state index contributed by atoms with van der Waals surface area (Å²) in [6, 6.07) is 3.71. The zero-order valence-electron chi connectivity index (χ0n) is 8.98. The standard InChI is InChI=1S/C10H18N4O/c1-2-14(5-6-15)8-10-7-9(13-11)3-4-12-10/h3-4,7,15H,2,5-6,8,11H2,1H3,(H,12,13). The van der Waals surface area contributed by atoms with Gasteiger partial charge >= 0.3 is 0 Å². The van der Waals surface area contributed by atoms with E-state index in [-0.39, 0.29) is 6.61 Å². The number of likely N-dealkylation sites (N-methyl/N-ethyl adjacent to an activating group) is 1. The summed E-state index contributed by atoms with van der Waals surface area (Å²) in [5.74, 6) is 5.31. The fourth-order valence-electron chi connectivity index (χ4n) is 1.37. The van der Waals surface area contributed by atoms with Crippen molar-refractivity contribution in [3.63, 3.8) is 0 Å². The second-order valence-electron chi connectivity index (χ2n) is 3.27. The van der Waals surface area contributed by atoms with Crippen LogP contribution >= 0.6 is 0 Å². The summed E-state index contributed by atoms with van der Waals surface area (Å²) in [6.07, 6.45) is 1.72. The Bertz CT molecular complexity index is 293. The van der Waals surface area contributed by atoms with Crippen molar-refractivity contribution in [1.82, 2.24) is 9.88 Å². The van der Waals surface area contributed by atoms with Crippen molar-refractivity contribution in [3.8, 4) is 0 Å². The molecule has 5 heteroatoms. The second-order valence-corrected chi connectivity index (χ2v) is 3.27. The van der Waals surface area contributed by atoms with E-state index in [4.69, 9.17) is 10.9 Å². The molecule has 0 bridgehead atoms. The Morgan fingerprint density at radius 3 is 3.00 bits per heavy atom. The molecule has 1 aromatic rings. The molecule has 5 nitrogen and oxygen atoms in total. The highest BCUT2D eigenvalue weighted by molar-refractivity contribution is 5.41. The number of pyridine rings is 1. The number of nitrogens with zero attached hydrogens (tertiary/aromatic N) is 2. The Morgan fingerprint density at radius 1 is 1.60 bits per heavy atom. The van der Waals surface area contributed by atoms with Crippen LogP contribution in [0.25, 0.3) is 0 Å². The Kier molecular flexibility index (Phi) is 5.03. The topological polar surface area (TPSA) is 74.4 Å². The minimum Gasteiger partial charge on any atom is -0.395 e. The molecule has 1 rings (SSSR count). The quantitative estimate of drug-likeness (QED) is 0.461. The Hall–Kier alpha value is -1.17. The van der Waals surface area contributed by atoms with E-state index in [0.29, 0.717) is 6.54 Å². The summed E-state index contributed by atoms with van der Waals surface area (Å²) in [5, 5.41) is 8.85. The van der Waals surface area contributed by atoms with Crippen LogP contribution < -0.4 is 11.3 Å². The van der Waals surface area contributed by atoms with Gasteiger partial charge in [-0.1, -0.05) is 6.92 Å². The maximum absolute atomic E-state index is 8.85. The maximum atomic E-state index is 8.85. The molecule has 0 aliphatic carbocycles. The summed E-state index contributed by atoms with van der Waals surface area (Å²) in [4.78, 5) is 6.35. The molecule has 0 amide bonds. The Labute approximate surface area is 89.9 Å². The predicted octanol–water partition coefficient (Wildman–Crippen LogP) is 0.181. The highest BCUT2D eigenvalue weighted by Crippen LogP contribution is 2.08. The predicted molar refractivity (Wildman–Crippen MR) is 60.1 cm³/mol. The number of aliphatic hydroxyl groups is 1. The summed E-state index contributed by atoms with van der Waals surface area (Å²) in [7, 11) is 0. The second kappa shape index (κ2) is 6.34. The van der Waals surface area contributed by atoms with Crippen LogP contribution in [0.5, 0.6) is 0 Å². The summed E-state index contributed by atoms with van der Waals surface area (Å²) in [5.41, 5.74) is 4.38. The lowest BCUT2D eigenvalue weighted by atomic mass is 10.3. The van der Waals surface area contributed by atoms with E-state index < -0.39 is 0 Å². The number of hydrogen-bond acceptors (Lipinski definition) is 5. The lowest BCUT2D eigenvalue weighted by Gasteiger charge is -2.18. The van der Waals surface area contributed by atoms with Crippen molar-refractivity contribution in [3.05, 3.63) is 24.0 Å². The molecule has 0 saturated heterocycles. The first kappa shape index (κ1) is 11.9. The number of aliphatic hydroxyl groups excluding tert-OH is 1. The third-order valence-corrected chi connectivity index (χ3v) is 2.23. The zero-order valence-corrected chi connectivity index (χ0v) is 8.98. The monoisotopic (exact) mass is 210 g/mol. The molecule has 0 aliphatic rings. The van der Waals surface area contributed by atoms with Crippen LogP contribution in [0, 0.1) is 0 Å². The first-order chi connectivity index (χ1) is 7.30. The fraction of sp³-hybridized carbons (Fsp3) is 0.500. The van der Waals surface area contributed by atoms with Crippen molar-refractivity contribution in [1.29, 1.82) is 0 Å². The molecule has 0 fully saturated rings. The molecular weight excluding hydrogens is 192 g/mol.